The minimum atomic E-state index is -0.0128. The number of nitrogens with zero attached hydrogens (tertiary/aromatic N) is 3. The van der Waals surface area contributed by atoms with Crippen molar-refractivity contribution in [2.45, 2.75) is 58.2 Å². The third kappa shape index (κ3) is 4.12. The van der Waals surface area contributed by atoms with Gasteiger partial charge in [-0.15, -0.1) is 0 Å². The van der Waals surface area contributed by atoms with Crippen molar-refractivity contribution in [3.05, 3.63) is 16.3 Å². The zero-order valence-electron chi connectivity index (χ0n) is 12.8. The van der Waals surface area contributed by atoms with Crippen LogP contribution in [-0.4, -0.2) is 38.3 Å². The van der Waals surface area contributed by atoms with Crippen LogP contribution in [0.2, 0.25) is 0 Å². The lowest BCUT2D eigenvalue weighted by Crippen LogP contribution is -2.36. The van der Waals surface area contributed by atoms with Gasteiger partial charge in [-0.05, 0) is 25.5 Å². The summed E-state index contributed by atoms with van der Waals surface area (Å²) in [5.41, 5.74) is -0.0128. The number of aromatic nitrogens is 3. The highest BCUT2D eigenvalue weighted by Gasteiger charge is 2.21. The van der Waals surface area contributed by atoms with Gasteiger partial charge in [0.05, 0.1) is 0 Å². The average molecular weight is 312 g/mol. The second-order valence-electron chi connectivity index (χ2n) is 5.41. The molecule has 1 amide bonds. The molecule has 1 N–H and O–H groups in total. The molecule has 0 spiro atoms. The van der Waals surface area contributed by atoms with Crippen molar-refractivity contribution < 1.29 is 4.79 Å². The summed E-state index contributed by atoms with van der Waals surface area (Å²) in [4.78, 5) is 24.0. The first-order chi connectivity index (χ1) is 10.2. The van der Waals surface area contributed by atoms with Crippen LogP contribution in [0.4, 0.5) is 0 Å². The fourth-order valence-corrected chi connectivity index (χ4v) is 3.01. The summed E-state index contributed by atoms with van der Waals surface area (Å²) in [6.07, 6.45) is 5.87. The highest BCUT2D eigenvalue weighted by molar-refractivity contribution is 7.98. The largest absolute Gasteiger partial charge is 0.353 e. The van der Waals surface area contributed by atoms with Crippen molar-refractivity contribution in [2.24, 2.45) is 0 Å². The molecule has 0 radical (unpaired) electrons. The molecule has 0 fully saturated rings. The van der Waals surface area contributed by atoms with Crippen LogP contribution in [0.5, 0.6) is 0 Å². The third-order valence-electron chi connectivity index (χ3n) is 3.75. The van der Waals surface area contributed by atoms with Crippen molar-refractivity contribution >= 4 is 17.7 Å². The molecule has 1 aromatic heterocycles. The van der Waals surface area contributed by atoms with Crippen LogP contribution in [0.3, 0.4) is 0 Å². The number of aryl methyl sites for hydroxylation is 2. The molecule has 0 aromatic carbocycles. The quantitative estimate of drug-likeness (QED) is 0.852. The third-order valence-corrected chi connectivity index (χ3v) is 4.36. The van der Waals surface area contributed by atoms with E-state index in [0.29, 0.717) is 19.5 Å². The van der Waals surface area contributed by atoms with Crippen LogP contribution in [0.25, 0.3) is 0 Å². The van der Waals surface area contributed by atoms with Crippen molar-refractivity contribution in [3.8, 4) is 0 Å². The van der Waals surface area contributed by atoms with Crippen molar-refractivity contribution in [1.82, 2.24) is 19.7 Å². The SMILES string of the molecule is CCCn1nc2n(c1=O)CCC(NC(=O)CCSC)CC2. The molecular formula is C14H24N4O2S. The molecule has 1 aromatic rings. The number of carbonyl (C=O) groups is 1. The van der Waals surface area contributed by atoms with Gasteiger partial charge < -0.3 is 5.32 Å². The highest BCUT2D eigenvalue weighted by Crippen LogP contribution is 2.12. The molecule has 0 bridgehead atoms. The van der Waals surface area contributed by atoms with Gasteiger partial charge >= 0.3 is 5.69 Å². The van der Waals surface area contributed by atoms with Crippen LogP contribution in [-0.2, 0) is 24.3 Å². The molecule has 1 unspecified atom stereocenters. The Labute approximate surface area is 129 Å². The molecule has 6 nitrogen and oxygen atoms in total. The number of thioether (sulfide) groups is 1. The minimum Gasteiger partial charge on any atom is -0.353 e. The Morgan fingerprint density at radius 3 is 3.00 bits per heavy atom. The van der Waals surface area contributed by atoms with Crippen LogP contribution >= 0.6 is 11.8 Å². The first kappa shape index (κ1) is 16.1. The summed E-state index contributed by atoms with van der Waals surface area (Å²) in [5.74, 6) is 1.81. The lowest BCUT2D eigenvalue weighted by Gasteiger charge is -2.15. The maximum atomic E-state index is 12.2. The van der Waals surface area contributed by atoms with Gasteiger partial charge in [0.25, 0.3) is 0 Å². The smallest absolute Gasteiger partial charge is 0.345 e. The van der Waals surface area contributed by atoms with Crippen LogP contribution in [0.15, 0.2) is 4.79 Å². The van der Waals surface area contributed by atoms with Crippen molar-refractivity contribution in [2.75, 3.05) is 12.0 Å². The van der Waals surface area contributed by atoms with Gasteiger partial charge in [-0.3, -0.25) is 9.36 Å². The summed E-state index contributed by atoms with van der Waals surface area (Å²) in [6.45, 7) is 3.36. The summed E-state index contributed by atoms with van der Waals surface area (Å²) < 4.78 is 3.33. The summed E-state index contributed by atoms with van der Waals surface area (Å²) >= 11 is 1.68. The molecule has 2 rings (SSSR count). The average Bonchev–Trinajstić information content (AvgIpc) is 2.64. The van der Waals surface area contributed by atoms with Crippen LogP contribution in [0, 0.1) is 0 Å². The second-order valence-corrected chi connectivity index (χ2v) is 6.39. The number of carbonyl (C=O) groups excluding carboxylic acids is 1. The molecular weight excluding hydrogens is 288 g/mol. The number of hydrogen-bond acceptors (Lipinski definition) is 4. The molecule has 0 saturated carbocycles. The Morgan fingerprint density at radius 1 is 1.48 bits per heavy atom. The lowest BCUT2D eigenvalue weighted by molar-refractivity contribution is -0.121. The van der Waals surface area contributed by atoms with Gasteiger partial charge in [0, 0.05) is 37.7 Å². The Hall–Kier alpha value is -1.24. The fourth-order valence-electron chi connectivity index (χ4n) is 2.62. The van der Waals surface area contributed by atoms with Gasteiger partial charge in [-0.25, -0.2) is 9.48 Å². The molecule has 7 heteroatoms. The van der Waals surface area contributed by atoms with E-state index in [0.717, 1.165) is 37.3 Å². The molecule has 0 aliphatic carbocycles. The van der Waals surface area contributed by atoms with Gasteiger partial charge in [-0.1, -0.05) is 6.92 Å². The fraction of sp³-hybridized carbons (Fsp3) is 0.786. The van der Waals surface area contributed by atoms with E-state index in [9.17, 15) is 9.59 Å². The molecule has 2 heterocycles. The number of fused-ring (bicyclic) bond motifs is 1. The van der Waals surface area contributed by atoms with E-state index in [1.165, 1.54) is 0 Å². The van der Waals surface area contributed by atoms with Crippen molar-refractivity contribution in [3.63, 3.8) is 0 Å². The minimum absolute atomic E-state index is 0.0128. The molecule has 0 saturated heterocycles. The zero-order valence-corrected chi connectivity index (χ0v) is 13.6. The zero-order chi connectivity index (χ0) is 15.2. The molecule has 21 heavy (non-hydrogen) atoms. The van der Waals surface area contributed by atoms with E-state index in [1.807, 2.05) is 13.2 Å². The van der Waals surface area contributed by atoms with Gasteiger partial charge in [-0.2, -0.15) is 16.9 Å². The van der Waals surface area contributed by atoms with Gasteiger partial charge in [0.2, 0.25) is 5.91 Å². The summed E-state index contributed by atoms with van der Waals surface area (Å²) in [7, 11) is 0. The Bertz CT molecular complexity index is 538. The van der Waals surface area contributed by atoms with E-state index in [1.54, 1.807) is 21.0 Å². The van der Waals surface area contributed by atoms with E-state index < -0.39 is 0 Å². The predicted octanol–water partition coefficient (Wildman–Crippen LogP) is 1.03. The molecule has 1 aliphatic rings. The number of amides is 1. The topological polar surface area (TPSA) is 68.9 Å². The first-order valence-corrected chi connectivity index (χ1v) is 9.00. The number of nitrogens with one attached hydrogen (secondary N) is 1. The second kappa shape index (κ2) is 7.68. The highest BCUT2D eigenvalue weighted by atomic mass is 32.2. The van der Waals surface area contributed by atoms with E-state index in [2.05, 4.69) is 10.4 Å². The molecule has 118 valence electrons. The van der Waals surface area contributed by atoms with Gasteiger partial charge in [0.15, 0.2) is 0 Å². The Morgan fingerprint density at radius 2 is 2.29 bits per heavy atom. The standard InChI is InChI=1S/C14H24N4O2S/c1-3-8-18-14(20)17-9-6-11(4-5-12(17)16-18)15-13(19)7-10-21-2/h11H,3-10H2,1-2H3,(H,15,19). The lowest BCUT2D eigenvalue weighted by atomic mass is 10.1. The summed E-state index contributed by atoms with van der Waals surface area (Å²) in [5, 5.41) is 7.49. The molecule has 1 aliphatic heterocycles. The summed E-state index contributed by atoms with van der Waals surface area (Å²) in [6, 6.07) is 0.153. The maximum absolute atomic E-state index is 12.2. The van der Waals surface area contributed by atoms with E-state index >= 15 is 0 Å². The van der Waals surface area contributed by atoms with Crippen molar-refractivity contribution in [1.29, 1.82) is 0 Å². The van der Waals surface area contributed by atoms with Crippen LogP contribution in [0.1, 0.15) is 38.4 Å². The predicted molar refractivity (Wildman–Crippen MR) is 84.6 cm³/mol. The van der Waals surface area contributed by atoms with Gasteiger partial charge in [0.1, 0.15) is 5.82 Å². The number of hydrogen-bond donors (Lipinski definition) is 1. The maximum Gasteiger partial charge on any atom is 0.345 e. The monoisotopic (exact) mass is 312 g/mol. The number of rotatable bonds is 6. The Kier molecular flexibility index (Phi) is 5.90. The first-order valence-electron chi connectivity index (χ1n) is 7.60. The molecule has 1 atom stereocenters. The Balaban J connectivity index is 1.95. The van der Waals surface area contributed by atoms with Crippen LogP contribution < -0.4 is 11.0 Å². The van der Waals surface area contributed by atoms with E-state index in [4.69, 9.17) is 0 Å². The normalized spacial score (nSPS) is 18.1. The van der Waals surface area contributed by atoms with E-state index in [-0.39, 0.29) is 17.6 Å².